The van der Waals surface area contributed by atoms with Crippen molar-refractivity contribution in [3.63, 3.8) is 0 Å². The molecular weight excluding hydrogens is 239 g/mol. The lowest BCUT2D eigenvalue weighted by Gasteiger charge is -2.15. The highest BCUT2D eigenvalue weighted by atomic mass is 19.1. The summed E-state index contributed by atoms with van der Waals surface area (Å²) in [5.41, 5.74) is 10.4. The van der Waals surface area contributed by atoms with Crippen LogP contribution in [0, 0.1) is 19.7 Å². The van der Waals surface area contributed by atoms with Crippen molar-refractivity contribution in [1.29, 1.82) is 0 Å². The van der Waals surface area contributed by atoms with Crippen LogP contribution in [0.4, 0.5) is 15.8 Å². The van der Waals surface area contributed by atoms with Gasteiger partial charge >= 0.3 is 0 Å². The SMILES string of the molecule is Cc1cccc(Nc2cccc(F)c2CCN)c1C. The highest BCUT2D eigenvalue weighted by molar-refractivity contribution is 5.67. The van der Waals surface area contributed by atoms with E-state index < -0.39 is 0 Å². The molecule has 0 unspecified atom stereocenters. The molecule has 0 aliphatic carbocycles. The number of aryl methyl sites for hydroxylation is 1. The van der Waals surface area contributed by atoms with Gasteiger partial charge in [0.15, 0.2) is 0 Å². The molecule has 0 aliphatic heterocycles. The summed E-state index contributed by atoms with van der Waals surface area (Å²) in [7, 11) is 0. The quantitative estimate of drug-likeness (QED) is 0.877. The van der Waals surface area contributed by atoms with E-state index in [1.54, 1.807) is 6.07 Å². The van der Waals surface area contributed by atoms with E-state index in [1.807, 2.05) is 18.2 Å². The fourth-order valence-electron chi connectivity index (χ4n) is 2.11. The molecule has 3 heteroatoms. The largest absolute Gasteiger partial charge is 0.355 e. The molecule has 0 bridgehead atoms. The van der Waals surface area contributed by atoms with Crippen LogP contribution in [0.1, 0.15) is 16.7 Å². The second-order valence-corrected chi connectivity index (χ2v) is 4.68. The van der Waals surface area contributed by atoms with Gasteiger partial charge in [-0.15, -0.1) is 0 Å². The summed E-state index contributed by atoms with van der Waals surface area (Å²) in [6.45, 7) is 4.55. The number of nitrogens with two attached hydrogens (primary N) is 1. The van der Waals surface area contributed by atoms with E-state index in [2.05, 4.69) is 25.2 Å². The molecule has 0 heterocycles. The average Bonchev–Trinajstić information content (AvgIpc) is 2.39. The second-order valence-electron chi connectivity index (χ2n) is 4.68. The molecule has 2 aromatic carbocycles. The third-order valence-corrected chi connectivity index (χ3v) is 3.39. The Morgan fingerprint density at radius 2 is 1.74 bits per heavy atom. The third-order valence-electron chi connectivity index (χ3n) is 3.39. The van der Waals surface area contributed by atoms with E-state index in [9.17, 15) is 4.39 Å². The Bertz CT molecular complexity index is 579. The minimum atomic E-state index is -0.208. The first kappa shape index (κ1) is 13.6. The molecule has 0 fully saturated rings. The molecule has 2 nitrogen and oxygen atoms in total. The third kappa shape index (κ3) is 2.93. The van der Waals surface area contributed by atoms with Crippen molar-refractivity contribution < 1.29 is 4.39 Å². The van der Waals surface area contributed by atoms with Gasteiger partial charge in [-0.1, -0.05) is 18.2 Å². The minimum Gasteiger partial charge on any atom is -0.355 e. The van der Waals surface area contributed by atoms with E-state index in [0.29, 0.717) is 18.5 Å². The lowest BCUT2D eigenvalue weighted by molar-refractivity contribution is 0.610. The van der Waals surface area contributed by atoms with Crippen molar-refractivity contribution in [2.75, 3.05) is 11.9 Å². The van der Waals surface area contributed by atoms with Gasteiger partial charge in [0.25, 0.3) is 0 Å². The van der Waals surface area contributed by atoms with Crippen LogP contribution in [0.2, 0.25) is 0 Å². The Morgan fingerprint density at radius 3 is 2.47 bits per heavy atom. The predicted octanol–water partition coefficient (Wildman–Crippen LogP) is 3.69. The van der Waals surface area contributed by atoms with E-state index in [0.717, 1.165) is 11.4 Å². The fraction of sp³-hybridized carbons (Fsp3) is 0.250. The van der Waals surface area contributed by atoms with Gasteiger partial charge in [0, 0.05) is 16.9 Å². The first-order valence-electron chi connectivity index (χ1n) is 6.44. The molecule has 3 N–H and O–H groups in total. The number of benzene rings is 2. The second kappa shape index (κ2) is 5.85. The summed E-state index contributed by atoms with van der Waals surface area (Å²) < 4.78 is 13.8. The zero-order valence-electron chi connectivity index (χ0n) is 11.3. The summed E-state index contributed by atoms with van der Waals surface area (Å²) in [6.07, 6.45) is 0.528. The molecule has 0 atom stereocenters. The molecule has 100 valence electrons. The molecule has 0 radical (unpaired) electrons. The highest BCUT2D eigenvalue weighted by Gasteiger charge is 2.09. The molecular formula is C16H19FN2. The fourth-order valence-corrected chi connectivity index (χ4v) is 2.11. The van der Waals surface area contributed by atoms with Crippen LogP contribution in [-0.4, -0.2) is 6.54 Å². The lowest BCUT2D eigenvalue weighted by Crippen LogP contribution is -2.07. The summed E-state index contributed by atoms with van der Waals surface area (Å²) in [5.74, 6) is -0.208. The molecule has 0 aliphatic rings. The highest BCUT2D eigenvalue weighted by Crippen LogP contribution is 2.26. The molecule has 0 spiro atoms. The van der Waals surface area contributed by atoms with E-state index in [1.165, 1.54) is 17.2 Å². The topological polar surface area (TPSA) is 38.0 Å². The van der Waals surface area contributed by atoms with Crippen molar-refractivity contribution >= 4 is 11.4 Å². The van der Waals surface area contributed by atoms with Crippen LogP contribution in [0.3, 0.4) is 0 Å². The van der Waals surface area contributed by atoms with Crippen molar-refractivity contribution in [3.05, 3.63) is 58.9 Å². The van der Waals surface area contributed by atoms with Crippen molar-refractivity contribution in [1.82, 2.24) is 0 Å². The van der Waals surface area contributed by atoms with Crippen LogP contribution in [0.25, 0.3) is 0 Å². The van der Waals surface area contributed by atoms with Crippen molar-refractivity contribution in [3.8, 4) is 0 Å². The summed E-state index contributed by atoms with van der Waals surface area (Å²) >= 11 is 0. The summed E-state index contributed by atoms with van der Waals surface area (Å²) in [6, 6.07) is 11.1. The Morgan fingerprint density at radius 1 is 1.05 bits per heavy atom. The van der Waals surface area contributed by atoms with Gasteiger partial charge in [-0.25, -0.2) is 4.39 Å². The summed E-state index contributed by atoms with van der Waals surface area (Å²) in [4.78, 5) is 0. The van der Waals surface area contributed by atoms with Gasteiger partial charge in [0.2, 0.25) is 0 Å². The van der Waals surface area contributed by atoms with Gasteiger partial charge in [0.05, 0.1) is 0 Å². The van der Waals surface area contributed by atoms with Crippen LogP contribution >= 0.6 is 0 Å². The number of nitrogens with one attached hydrogen (secondary N) is 1. The maximum atomic E-state index is 13.8. The number of hydrogen-bond donors (Lipinski definition) is 2. The standard InChI is InChI=1S/C16H19FN2/c1-11-5-3-7-15(12(11)2)19-16-8-4-6-14(17)13(16)9-10-18/h3-8,19H,9-10,18H2,1-2H3. The molecule has 0 saturated carbocycles. The predicted molar refractivity (Wildman–Crippen MR) is 78.4 cm³/mol. The lowest BCUT2D eigenvalue weighted by atomic mass is 10.1. The monoisotopic (exact) mass is 258 g/mol. The smallest absolute Gasteiger partial charge is 0.128 e. The maximum absolute atomic E-state index is 13.8. The van der Waals surface area contributed by atoms with E-state index >= 15 is 0 Å². The first-order chi connectivity index (χ1) is 9.13. The molecule has 0 amide bonds. The van der Waals surface area contributed by atoms with Crippen molar-refractivity contribution in [2.45, 2.75) is 20.3 Å². The zero-order chi connectivity index (χ0) is 13.8. The zero-order valence-corrected chi connectivity index (χ0v) is 11.3. The molecule has 0 saturated heterocycles. The average molecular weight is 258 g/mol. The summed E-state index contributed by atoms with van der Waals surface area (Å²) in [5, 5.41) is 3.31. The van der Waals surface area contributed by atoms with Gasteiger partial charge in [-0.2, -0.15) is 0 Å². The van der Waals surface area contributed by atoms with E-state index in [4.69, 9.17) is 5.73 Å². The van der Waals surface area contributed by atoms with Gasteiger partial charge in [-0.3, -0.25) is 0 Å². The molecule has 0 aromatic heterocycles. The van der Waals surface area contributed by atoms with Gasteiger partial charge < -0.3 is 11.1 Å². The Hall–Kier alpha value is -1.87. The minimum absolute atomic E-state index is 0.208. The van der Waals surface area contributed by atoms with Crippen LogP contribution < -0.4 is 11.1 Å². The van der Waals surface area contributed by atoms with Crippen molar-refractivity contribution in [2.24, 2.45) is 5.73 Å². The molecule has 2 aromatic rings. The van der Waals surface area contributed by atoms with Gasteiger partial charge in [0.1, 0.15) is 5.82 Å². The van der Waals surface area contributed by atoms with E-state index in [-0.39, 0.29) is 5.82 Å². The number of rotatable bonds is 4. The molecule has 2 rings (SSSR count). The Labute approximate surface area is 113 Å². The van der Waals surface area contributed by atoms with Crippen LogP contribution in [0.5, 0.6) is 0 Å². The molecule has 19 heavy (non-hydrogen) atoms. The Balaban J connectivity index is 2.38. The number of hydrogen-bond acceptors (Lipinski definition) is 2. The van der Waals surface area contributed by atoms with Crippen LogP contribution in [-0.2, 0) is 6.42 Å². The van der Waals surface area contributed by atoms with Gasteiger partial charge in [-0.05, 0) is 56.1 Å². The normalized spacial score (nSPS) is 10.5. The Kier molecular flexibility index (Phi) is 4.17. The number of anilines is 2. The first-order valence-corrected chi connectivity index (χ1v) is 6.44. The van der Waals surface area contributed by atoms with Crippen LogP contribution in [0.15, 0.2) is 36.4 Å². The maximum Gasteiger partial charge on any atom is 0.128 e. The number of halogens is 1.